The molecule has 0 spiro atoms. The van der Waals surface area contributed by atoms with Crippen molar-refractivity contribution in [2.45, 2.75) is 25.7 Å². The van der Waals surface area contributed by atoms with Gasteiger partial charge >= 0.3 is 5.97 Å². The topological polar surface area (TPSA) is 80.0 Å². The molecule has 3 rings (SSSR count). The molecule has 0 bridgehead atoms. The lowest BCUT2D eigenvalue weighted by molar-refractivity contribution is -0.159. The van der Waals surface area contributed by atoms with Gasteiger partial charge in [-0.3, -0.25) is 9.59 Å². The van der Waals surface area contributed by atoms with Crippen molar-refractivity contribution >= 4 is 22.8 Å². The number of aliphatic carboxylic acids is 1. The number of fused-ring (bicyclic) bond motifs is 1. The Morgan fingerprint density at radius 2 is 2.16 bits per heavy atom. The van der Waals surface area contributed by atoms with Crippen LogP contribution in [0.3, 0.4) is 0 Å². The summed E-state index contributed by atoms with van der Waals surface area (Å²) in [4.78, 5) is 26.3. The number of carboxylic acids is 1. The Bertz CT molecular complexity index is 746. The van der Waals surface area contributed by atoms with E-state index in [1.807, 2.05) is 30.3 Å². The first-order valence-corrected chi connectivity index (χ1v) is 8.46. The molecule has 1 amide bonds. The Hall–Kier alpha value is -2.34. The van der Waals surface area contributed by atoms with Crippen LogP contribution >= 0.6 is 0 Å². The molecule has 25 heavy (non-hydrogen) atoms. The Labute approximate surface area is 146 Å². The van der Waals surface area contributed by atoms with E-state index in [1.54, 1.807) is 11.8 Å². The fraction of sp³-hybridized carbons (Fsp3) is 0.474. The Balaban J connectivity index is 1.80. The summed E-state index contributed by atoms with van der Waals surface area (Å²) in [7, 11) is 1.49. The normalized spacial score (nSPS) is 22.1. The molecule has 0 saturated carbocycles. The second kappa shape index (κ2) is 6.88. The van der Waals surface area contributed by atoms with E-state index in [4.69, 9.17) is 9.15 Å². The van der Waals surface area contributed by atoms with Crippen LogP contribution < -0.4 is 0 Å². The molecule has 6 nitrogen and oxygen atoms in total. The highest BCUT2D eigenvalue weighted by Crippen LogP contribution is 2.33. The SMILES string of the molecule is COCC1(C(=O)O)CCCN(C(=O)C(C)c2cc3ccccc3o2)C1. The Kier molecular flexibility index (Phi) is 4.81. The molecule has 0 aliphatic carbocycles. The van der Waals surface area contributed by atoms with Crippen LogP contribution in [-0.4, -0.2) is 48.7 Å². The zero-order chi connectivity index (χ0) is 18.0. The average molecular weight is 345 g/mol. The molecule has 6 heteroatoms. The van der Waals surface area contributed by atoms with Crippen LogP contribution in [0.1, 0.15) is 31.4 Å². The summed E-state index contributed by atoms with van der Waals surface area (Å²) in [6.45, 7) is 2.63. The van der Waals surface area contributed by atoms with Crippen LogP contribution in [0.4, 0.5) is 0 Å². The minimum Gasteiger partial charge on any atom is -0.481 e. The van der Waals surface area contributed by atoms with Crippen molar-refractivity contribution in [2.24, 2.45) is 5.41 Å². The number of carboxylic acid groups (broad SMARTS) is 1. The van der Waals surface area contributed by atoms with Gasteiger partial charge in [-0.05, 0) is 31.9 Å². The molecule has 2 aromatic rings. The van der Waals surface area contributed by atoms with Crippen LogP contribution in [-0.2, 0) is 14.3 Å². The lowest BCUT2D eigenvalue weighted by Gasteiger charge is -2.40. The molecule has 1 saturated heterocycles. The van der Waals surface area contributed by atoms with E-state index in [1.165, 1.54) is 7.11 Å². The minimum atomic E-state index is -1.03. The van der Waals surface area contributed by atoms with E-state index in [0.29, 0.717) is 25.1 Å². The van der Waals surface area contributed by atoms with Crippen molar-refractivity contribution in [1.82, 2.24) is 4.90 Å². The minimum absolute atomic E-state index is 0.102. The molecular weight excluding hydrogens is 322 g/mol. The Morgan fingerprint density at radius 3 is 2.84 bits per heavy atom. The number of hydrogen-bond acceptors (Lipinski definition) is 4. The fourth-order valence-electron chi connectivity index (χ4n) is 3.56. The van der Waals surface area contributed by atoms with Gasteiger partial charge in [0.05, 0.1) is 12.5 Å². The number of carbonyl (C=O) groups is 2. The van der Waals surface area contributed by atoms with E-state index in [9.17, 15) is 14.7 Å². The van der Waals surface area contributed by atoms with Gasteiger partial charge in [0.2, 0.25) is 5.91 Å². The third-order valence-electron chi connectivity index (χ3n) is 5.00. The number of benzene rings is 1. The van der Waals surface area contributed by atoms with Crippen molar-refractivity contribution < 1.29 is 23.8 Å². The maximum Gasteiger partial charge on any atom is 0.313 e. The summed E-state index contributed by atoms with van der Waals surface area (Å²) >= 11 is 0. The first-order valence-electron chi connectivity index (χ1n) is 8.46. The van der Waals surface area contributed by atoms with E-state index >= 15 is 0 Å². The summed E-state index contributed by atoms with van der Waals surface area (Å²) in [6.07, 6.45) is 1.16. The number of ether oxygens (including phenoxy) is 1. The van der Waals surface area contributed by atoms with E-state index in [-0.39, 0.29) is 19.1 Å². The average Bonchev–Trinajstić information content (AvgIpc) is 3.05. The molecule has 2 heterocycles. The Morgan fingerprint density at radius 1 is 1.40 bits per heavy atom. The number of methoxy groups -OCH3 is 1. The maximum atomic E-state index is 12.9. The third-order valence-corrected chi connectivity index (χ3v) is 5.00. The van der Waals surface area contributed by atoms with E-state index in [0.717, 1.165) is 11.0 Å². The molecule has 2 atom stereocenters. The summed E-state index contributed by atoms with van der Waals surface area (Å²) in [5.74, 6) is -0.882. The molecule has 2 unspecified atom stereocenters. The van der Waals surface area contributed by atoms with Gasteiger partial charge < -0.3 is 19.2 Å². The van der Waals surface area contributed by atoms with Gasteiger partial charge in [-0.25, -0.2) is 0 Å². The van der Waals surface area contributed by atoms with Gasteiger partial charge in [-0.2, -0.15) is 0 Å². The summed E-state index contributed by atoms with van der Waals surface area (Å²) in [6, 6.07) is 9.49. The predicted molar refractivity (Wildman–Crippen MR) is 92.4 cm³/mol. The molecule has 1 N–H and O–H groups in total. The number of carbonyl (C=O) groups excluding carboxylic acids is 1. The lowest BCUT2D eigenvalue weighted by atomic mass is 9.80. The highest BCUT2D eigenvalue weighted by Gasteiger charge is 2.44. The van der Waals surface area contributed by atoms with Crippen LogP contribution in [0.25, 0.3) is 11.0 Å². The van der Waals surface area contributed by atoms with Crippen molar-refractivity contribution in [2.75, 3.05) is 26.8 Å². The second-order valence-corrected chi connectivity index (χ2v) is 6.79. The lowest BCUT2D eigenvalue weighted by Crippen LogP contribution is -2.52. The maximum absolute atomic E-state index is 12.9. The number of rotatable bonds is 5. The molecule has 0 radical (unpaired) electrons. The third kappa shape index (κ3) is 3.26. The number of likely N-dealkylation sites (tertiary alicyclic amines) is 1. The number of hydrogen-bond donors (Lipinski definition) is 1. The zero-order valence-electron chi connectivity index (χ0n) is 14.5. The number of nitrogens with zero attached hydrogens (tertiary/aromatic N) is 1. The quantitative estimate of drug-likeness (QED) is 0.901. The van der Waals surface area contributed by atoms with Crippen LogP contribution in [0.5, 0.6) is 0 Å². The predicted octanol–water partition coefficient (Wildman–Crippen LogP) is 2.88. The van der Waals surface area contributed by atoms with Crippen LogP contribution in [0, 0.1) is 5.41 Å². The number of furan rings is 1. The van der Waals surface area contributed by atoms with Gasteiger partial charge in [0.15, 0.2) is 0 Å². The first-order chi connectivity index (χ1) is 12.0. The summed E-state index contributed by atoms with van der Waals surface area (Å²) in [5.41, 5.74) is -0.286. The van der Waals surface area contributed by atoms with Crippen molar-refractivity contribution in [3.05, 3.63) is 36.1 Å². The largest absolute Gasteiger partial charge is 0.481 e. The molecule has 1 aliphatic rings. The van der Waals surface area contributed by atoms with Gasteiger partial charge in [-0.15, -0.1) is 0 Å². The van der Waals surface area contributed by atoms with E-state index < -0.39 is 17.3 Å². The highest BCUT2D eigenvalue weighted by molar-refractivity contribution is 5.86. The monoisotopic (exact) mass is 345 g/mol. The summed E-state index contributed by atoms with van der Waals surface area (Å²) < 4.78 is 10.9. The number of amides is 1. The van der Waals surface area contributed by atoms with Crippen molar-refractivity contribution in [3.8, 4) is 0 Å². The van der Waals surface area contributed by atoms with Gasteiger partial charge in [0.25, 0.3) is 0 Å². The second-order valence-electron chi connectivity index (χ2n) is 6.79. The van der Waals surface area contributed by atoms with Crippen molar-refractivity contribution in [1.29, 1.82) is 0 Å². The zero-order valence-corrected chi connectivity index (χ0v) is 14.5. The molecular formula is C19H23NO5. The van der Waals surface area contributed by atoms with E-state index in [2.05, 4.69) is 0 Å². The molecule has 134 valence electrons. The van der Waals surface area contributed by atoms with Gasteiger partial charge in [0, 0.05) is 25.6 Å². The van der Waals surface area contributed by atoms with Crippen LogP contribution in [0.2, 0.25) is 0 Å². The number of piperidine rings is 1. The van der Waals surface area contributed by atoms with Crippen LogP contribution in [0.15, 0.2) is 34.7 Å². The summed E-state index contributed by atoms with van der Waals surface area (Å²) in [5, 5.41) is 10.6. The van der Waals surface area contributed by atoms with Gasteiger partial charge in [-0.1, -0.05) is 18.2 Å². The fourth-order valence-corrected chi connectivity index (χ4v) is 3.56. The highest BCUT2D eigenvalue weighted by atomic mass is 16.5. The molecule has 1 aromatic carbocycles. The van der Waals surface area contributed by atoms with Gasteiger partial charge in [0.1, 0.15) is 16.8 Å². The standard InChI is InChI=1S/C19H23NO5/c1-13(16-10-14-6-3-4-7-15(14)25-16)17(21)20-9-5-8-19(11-20,12-24-2)18(22)23/h3-4,6-7,10,13H,5,8-9,11-12H2,1-2H3,(H,22,23). The number of para-hydroxylation sites is 1. The first kappa shape index (κ1) is 17.5. The molecule has 1 aliphatic heterocycles. The molecule has 1 fully saturated rings. The molecule has 1 aromatic heterocycles. The smallest absolute Gasteiger partial charge is 0.313 e. The van der Waals surface area contributed by atoms with Crippen molar-refractivity contribution in [3.63, 3.8) is 0 Å².